The van der Waals surface area contributed by atoms with Gasteiger partial charge in [-0.2, -0.15) is 0 Å². The smallest absolute Gasteiger partial charge is 0.295 e. The maximum atomic E-state index is 13.9. The minimum absolute atomic E-state index is 0.0307. The highest BCUT2D eigenvalue weighted by atomic mass is 19.1. The highest BCUT2D eigenvalue weighted by Crippen LogP contribution is 2.39. The number of amides is 1. The molecule has 1 aliphatic heterocycles. The lowest BCUT2D eigenvalue weighted by atomic mass is 9.95. The van der Waals surface area contributed by atoms with Crippen LogP contribution in [-0.4, -0.2) is 42.0 Å². The molecule has 0 spiro atoms. The van der Waals surface area contributed by atoms with E-state index in [0.29, 0.717) is 24.2 Å². The average Bonchev–Trinajstić information content (AvgIpc) is 2.93. The van der Waals surface area contributed by atoms with Crippen molar-refractivity contribution in [3.63, 3.8) is 0 Å². The Morgan fingerprint density at radius 3 is 2.54 bits per heavy atom. The molecule has 6 heteroatoms. The van der Waals surface area contributed by atoms with Gasteiger partial charge < -0.3 is 14.7 Å². The van der Waals surface area contributed by atoms with Crippen LogP contribution in [0, 0.1) is 12.7 Å². The van der Waals surface area contributed by atoms with Gasteiger partial charge >= 0.3 is 0 Å². The number of aryl methyl sites for hydroxylation is 1. The summed E-state index contributed by atoms with van der Waals surface area (Å²) >= 11 is 0. The Balaban J connectivity index is 2.12. The number of rotatable bonds is 6. The number of methoxy groups -OCH3 is 1. The van der Waals surface area contributed by atoms with Crippen LogP contribution < -0.4 is 0 Å². The van der Waals surface area contributed by atoms with Gasteiger partial charge in [0, 0.05) is 25.8 Å². The van der Waals surface area contributed by atoms with E-state index < -0.39 is 23.5 Å². The summed E-state index contributed by atoms with van der Waals surface area (Å²) in [5.41, 5.74) is 1.84. The Morgan fingerprint density at radius 1 is 1.18 bits per heavy atom. The van der Waals surface area contributed by atoms with Crippen molar-refractivity contribution in [2.75, 3.05) is 20.3 Å². The molecule has 3 rings (SSSR count). The third-order valence-electron chi connectivity index (χ3n) is 4.78. The number of aliphatic hydroxyl groups excluding tert-OH is 1. The van der Waals surface area contributed by atoms with Crippen molar-refractivity contribution in [1.82, 2.24) is 4.90 Å². The van der Waals surface area contributed by atoms with E-state index in [2.05, 4.69) is 0 Å². The van der Waals surface area contributed by atoms with Gasteiger partial charge in [0.05, 0.1) is 11.6 Å². The third-order valence-corrected chi connectivity index (χ3v) is 4.78. The van der Waals surface area contributed by atoms with Gasteiger partial charge in [0.15, 0.2) is 0 Å². The Morgan fingerprint density at radius 2 is 1.89 bits per heavy atom. The number of benzene rings is 2. The van der Waals surface area contributed by atoms with Crippen LogP contribution in [0.1, 0.15) is 29.2 Å². The Labute approximate surface area is 163 Å². The molecule has 0 aliphatic carbocycles. The van der Waals surface area contributed by atoms with E-state index in [1.807, 2.05) is 6.92 Å². The molecule has 1 heterocycles. The van der Waals surface area contributed by atoms with Crippen molar-refractivity contribution in [1.29, 1.82) is 0 Å². The molecule has 5 nitrogen and oxygen atoms in total. The average molecular weight is 383 g/mol. The zero-order chi connectivity index (χ0) is 20.3. The van der Waals surface area contributed by atoms with Crippen LogP contribution in [0.5, 0.6) is 0 Å². The van der Waals surface area contributed by atoms with Gasteiger partial charge in [0.1, 0.15) is 11.6 Å². The fraction of sp³-hybridized carbons (Fsp3) is 0.273. The van der Waals surface area contributed by atoms with Gasteiger partial charge in [-0.3, -0.25) is 9.59 Å². The molecule has 2 aromatic rings. The van der Waals surface area contributed by atoms with Gasteiger partial charge in [-0.15, -0.1) is 0 Å². The molecule has 1 N–H and O–H groups in total. The first-order valence-corrected chi connectivity index (χ1v) is 9.04. The quantitative estimate of drug-likeness (QED) is 0.358. The number of ketones is 1. The van der Waals surface area contributed by atoms with Crippen molar-refractivity contribution >= 4 is 17.4 Å². The fourth-order valence-electron chi connectivity index (χ4n) is 3.38. The summed E-state index contributed by atoms with van der Waals surface area (Å²) in [7, 11) is 1.55. The van der Waals surface area contributed by atoms with Crippen LogP contribution in [0.3, 0.4) is 0 Å². The molecule has 28 heavy (non-hydrogen) atoms. The first-order chi connectivity index (χ1) is 13.4. The summed E-state index contributed by atoms with van der Waals surface area (Å²) in [6.07, 6.45) is 0.514. The summed E-state index contributed by atoms with van der Waals surface area (Å²) in [5.74, 6) is -2.22. The second-order valence-corrected chi connectivity index (χ2v) is 6.76. The van der Waals surface area contributed by atoms with E-state index in [0.717, 1.165) is 5.56 Å². The summed E-state index contributed by atoms with van der Waals surface area (Å²) < 4.78 is 18.9. The second-order valence-electron chi connectivity index (χ2n) is 6.76. The number of Topliss-reactive ketones (excluding diaryl/α,β-unsaturated/α-hetero) is 1. The van der Waals surface area contributed by atoms with Gasteiger partial charge in [0.25, 0.3) is 11.7 Å². The summed E-state index contributed by atoms with van der Waals surface area (Å²) in [6.45, 7) is 2.58. The molecule has 1 atom stereocenters. The fourth-order valence-corrected chi connectivity index (χ4v) is 3.38. The largest absolute Gasteiger partial charge is 0.507 e. The van der Waals surface area contributed by atoms with Crippen molar-refractivity contribution in [3.8, 4) is 0 Å². The predicted octanol–water partition coefficient (Wildman–Crippen LogP) is 3.59. The molecule has 0 bridgehead atoms. The Kier molecular flexibility index (Phi) is 5.90. The van der Waals surface area contributed by atoms with E-state index in [9.17, 15) is 19.1 Å². The van der Waals surface area contributed by atoms with Crippen LogP contribution in [-0.2, 0) is 14.3 Å². The van der Waals surface area contributed by atoms with Gasteiger partial charge in [0.2, 0.25) is 0 Å². The highest BCUT2D eigenvalue weighted by molar-refractivity contribution is 6.46. The van der Waals surface area contributed by atoms with Crippen LogP contribution in [0.4, 0.5) is 4.39 Å². The first-order valence-electron chi connectivity index (χ1n) is 9.04. The molecular formula is C22H22FNO4. The Hall–Kier alpha value is -2.99. The van der Waals surface area contributed by atoms with Crippen molar-refractivity contribution in [3.05, 3.63) is 76.6 Å². The lowest BCUT2D eigenvalue weighted by molar-refractivity contribution is -0.140. The number of ether oxygens (including phenoxy) is 1. The monoisotopic (exact) mass is 383 g/mol. The molecule has 1 saturated heterocycles. The number of aliphatic hydroxyl groups is 1. The zero-order valence-electron chi connectivity index (χ0n) is 15.8. The molecule has 146 valence electrons. The lowest BCUT2D eigenvalue weighted by Gasteiger charge is -2.25. The maximum absolute atomic E-state index is 13.9. The molecule has 0 unspecified atom stereocenters. The summed E-state index contributed by atoms with van der Waals surface area (Å²) in [6, 6.07) is 11.9. The number of halogens is 1. The van der Waals surface area contributed by atoms with Gasteiger partial charge in [-0.1, -0.05) is 42.0 Å². The van der Waals surface area contributed by atoms with E-state index in [-0.39, 0.29) is 17.9 Å². The highest BCUT2D eigenvalue weighted by Gasteiger charge is 2.45. The zero-order valence-corrected chi connectivity index (χ0v) is 15.8. The second kappa shape index (κ2) is 8.35. The summed E-state index contributed by atoms with van der Waals surface area (Å²) in [4.78, 5) is 26.8. The topological polar surface area (TPSA) is 66.8 Å². The van der Waals surface area contributed by atoms with Crippen LogP contribution in [0.2, 0.25) is 0 Å². The molecule has 1 amide bonds. The molecule has 0 aromatic heterocycles. The molecule has 1 fully saturated rings. The number of nitrogens with zero attached hydrogens (tertiary/aromatic N) is 1. The number of hydrogen-bond acceptors (Lipinski definition) is 4. The maximum Gasteiger partial charge on any atom is 0.295 e. The lowest BCUT2D eigenvalue weighted by Crippen LogP contribution is -2.31. The SMILES string of the molecule is COCCCN1C(=O)C(=O)C(=C(O)c2ccc(C)cc2)[C@@H]1c1cccc(F)c1. The molecule has 1 aliphatic rings. The van der Waals surface area contributed by atoms with Gasteiger partial charge in [-0.25, -0.2) is 4.39 Å². The summed E-state index contributed by atoms with van der Waals surface area (Å²) in [5, 5.41) is 10.9. The van der Waals surface area contributed by atoms with Crippen LogP contribution >= 0.6 is 0 Å². The number of hydrogen-bond donors (Lipinski definition) is 1. The standard InChI is InChI=1S/C22H22FNO4/c1-14-7-9-15(10-8-14)20(25)18-19(16-5-3-6-17(23)13-16)24(11-4-12-28-2)22(27)21(18)26/h3,5-10,13,19,25H,4,11-12H2,1-2H3/t19-/m0/s1. The van der Waals surface area contributed by atoms with Crippen molar-refractivity contribution < 1.29 is 23.8 Å². The molecule has 0 radical (unpaired) electrons. The Bertz CT molecular complexity index is 920. The molecule has 0 saturated carbocycles. The van der Waals surface area contributed by atoms with Crippen molar-refractivity contribution in [2.24, 2.45) is 0 Å². The van der Waals surface area contributed by atoms with E-state index in [4.69, 9.17) is 4.74 Å². The predicted molar refractivity (Wildman–Crippen MR) is 103 cm³/mol. The van der Waals surface area contributed by atoms with Crippen molar-refractivity contribution in [2.45, 2.75) is 19.4 Å². The van der Waals surface area contributed by atoms with Crippen LogP contribution in [0.25, 0.3) is 5.76 Å². The van der Waals surface area contributed by atoms with E-state index in [1.165, 1.54) is 23.1 Å². The minimum atomic E-state index is -0.853. The van der Waals surface area contributed by atoms with Crippen LogP contribution in [0.15, 0.2) is 54.1 Å². The van der Waals surface area contributed by atoms with E-state index in [1.54, 1.807) is 37.4 Å². The first kappa shape index (κ1) is 19.8. The number of carbonyl (C=O) groups is 2. The minimum Gasteiger partial charge on any atom is -0.507 e. The van der Waals surface area contributed by atoms with Gasteiger partial charge in [-0.05, 0) is 31.0 Å². The number of likely N-dealkylation sites (tertiary alicyclic amines) is 1. The van der Waals surface area contributed by atoms with E-state index >= 15 is 0 Å². The molecular weight excluding hydrogens is 361 g/mol. The number of carbonyl (C=O) groups excluding carboxylic acids is 2. The normalized spacial score (nSPS) is 18.7. The third kappa shape index (κ3) is 3.82. The molecule has 2 aromatic carbocycles.